The van der Waals surface area contributed by atoms with Crippen molar-refractivity contribution >= 4 is 0 Å². The predicted octanol–water partition coefficient (Wildman–Crippen LogP) is 2.20. The molecule has 0 amide bonds. The first-order valence-corrected chi connectivity index (χ1v) is 4.68. The summed E-state index contributed by atoms with van der Waals surface area (Å²) in [5.41, 5.74) is 7.89. The molecule has 1 saturated carbocycles. The largest absolute Gasteiger partial charge is 0.330 e. The second kappa shape index (κ2) is 3.11. The lowest BCUT2D eigenvalue weighted by atomic mass is 10.0. The number of nitrogens with two attached hydrogens (primary N) is 1. The molecule has 2 unspecified atom stereocenters. The predicted molar refractivity (Wildman–Crippen MR) is 51.0 cm³/mol. The maximum Gasteiger partial charge on any atom is 0.123 e. The van der Waals surface area contributed by atoms with Crippen LogP contribution in [0.25, 0.3) is 0 Å². The van der Waals surface area contributed by atoms with Crippen LogP contribution in [0.3, 0.4) is 0 Å². The molecule has 70 valence electrons. The smallest absolute Gasteiger partial charge is 0.123 e. The van der Waals surface area contributed by atoms with Gasteiger partial charge in [0.15, 0.2) is 0 Å². The van der Waals surface area contributed by atoms with Crippen molar-refractivity contribution in [1.82, 2.24) is 0 Å². The highest BCUT2D eigenvalue weighted by Gasteiger charge is 2.37. The van der Waals surface area contributed by atoms with Gasteiger partial charge in [-0.2, -0.15) is 0 Å². The summed E-state index contributed by atoms with van der Waals surface area (Å²) < 4.78 is 12.9. The lowest BCUT2D eigenvalue weighted by Gasteiger charge is -2.04. The van der Waals surface area contributed by atoms with Gasteiger partial charge in [0.05, 0.1) is 0 Å². The summed E-state index contributed by atoms with van der Waals surface area (Å²) in [5, 5.41) is 0. The molecule has 2 heteroatoms. The molecule has 2 rings (SSSR count). The Morgan fingerprint density at radius 2 is 2.31 bits per heavy atom. The normalized spacial score (nSPS) is 26.1. The van der Waals surface area contributed by atoms with E-state index in [1.54, 1.807) is 6.07 Å². The Labute approximate surface area is 77.8 Å². The zero-order valence-electron chi connectivity index (χ0n) is 7.76. The van der Waals surface area contributed by atoms with Crippen LogP contribution in [-0.2, 0) is 0 Å². The maximum absolute atomic E-state index is 12.9. The van der Waals surface area contributed by atoms with Gasteiger partial charge in [0.2, 0.25) is 0 Å². The lowest BCUT2D eigenvalue weighted by molar-refractivity contribution is 0.624. The van der Waals surface area contributed by atoms with E-state index in [4.69, 9.17) is 5.73 Å². The van der Waals surface area contributed by atoms with Crippen molar-refractivity contribution in [2.45, 2.75) is 19.3 Å². The number of hydrogen-bond acceptors (Lipinski definition) is 1. The molecule has 0 radical (unpaired) electrons. The summed E-state index contributed by atoms with van der Waals surface area (Å²) in [5.74, 6) is 0.962. The molecule has 0 saturated heterocycles. The molecular weight excluding hydrogens is 165 g/mol. The van der Waals surface area contributed by atoms with Crippen molar-refractivity contribution in [2.75, 3.05) is 6.54 Å². The monoisotopic (exact) mass is 179 g/mol. The second-order valence-electron chi connectivity index (χ2n) is 3.84. The van der Waals surface area contributed by atoms with E-state index in [2.05, 4.69) is 0 Å². The Bertz CT molecular complexity index is 322. The summed E-state index contributed by atoms with van der Waals surface area (Å²) in [6.45, 7) is 2.75. The summed E-state index contributed by atoms with van der Waals surface area (Å²) in [6, 6.07) is 5.00. The van der Waals surface area contributed by atoms with Gasteiger partial charge >= 0.3 is 0 Å². The van der Waals surface area contributed by atoms with Gasteiger partial charge in [0, 0.05) is 0 Å². The fraction of sp³-hybridized carbons (Fsp3) is 0.455. The van der Waals surface area contributed by atoms with Crippen LogP contribution in [0, 0.1) is 18.7 Å². The van der Waals surface area contributed by atoms with E-state index in [9.17, 15) is 4.39 Å². The number of aryl methyl sites for hydroxylation is 1. The molecule has 0 spiro atoms. The van der Waals surface area contributed by atoms with E-state index < -0.39 is 0 Å². The number of benzene rings is 1. The first kappa shape index (κ1) is 8.70. The Hall–Kier alpha value is -0.890. The molecule has 1 aromatic carbocycles. The fourth-order valence-electron chi connectivity index (χ4n) is 1.90. The molecule has 0 heterocycles. The molecular formula is C11H14FN. The third-order valence-corrected chi connectivity index (χ3v) is 2.87. The molecule has 2 atom stereocenters. The topological polar surface area (TPSA) is 26.0 Å². The van der Waals surface area contributed by atoms with Gasteiger partial charge in [-0.1, -0.05) is 6.07 Å². The molecule has 1 fully saturated rings. The van der Waals surface area contributed by atoms with E-state index in [0.717, 1.165) is 18.5 Å². The fourth-order valence-corrected chi connectivity index (χ4v) is 1.90. The average Bonchev–Trinajstić information content (AvgIpc) is 2.88. The Balaban J connectivity index is 2.25. The van der Waals surface area contributed by atoms with Crippen LogP contribution in [0.2, 0.25) is 0 Å². The van der Waals surface area contributed by atoms with E-state index in [0.29, 0.717) is 11.8 Å². The third kappa shape index (κ3) is 1.59. The Kier molecular flexibility index (Phi) is 2.08. The summed E-state index contributed by atoms with van der Waals surface area (Å²) in [6.07, 6.45) is 1.13. The number of hydrogen-bond donors (Lipinski definition) is 1. The van der Waals surface area contributed by atoms with Crippen LogP contribution in [0.1, 0.15) is 23.5 Å². The molecule has 0 aromatic heterocycles. The highest BCUT2D eigenvalue weighted by atomic mass is 19.1. The molecule has 1 aliphatic carbocycles. The van der Waals surface area contributed by atoms with Gasteiger partial charge in [-0.25, -0.2) is 4.39 Å². The highest BCUT2D eigenvalue weighted by Crippen LogP contribution is 2.47. The second-order valence-corrected chi connectivity index (χ2v) is 3.84. The Morgan fingerprint density at radius 1 is 1.54 bits per heavy atom. The van der Waals surface area contributed by atoms with Crippen molar-refractivity contribution in [3.8, 4) is 0 Å². The maximum atomic E-state index is 12.9. The van der Waals surface area contributed by atoms with Crippen LogP contribution in [0.15, 0.2) is 18.2 Å². The van der Waals surface area contributed by atoms with Gasteiger partial charge in [-0.3, -0.25) is 0 Å². The van der Waals surface area contributed by atoms with Crippen LogP contribution in [0.4, 0.5) is 4.39 Å². The van der Waals surface area contributed by atoms with Crippen LogP contribution < -0.4 is 5.73 Å². The highest BCUT2D eigenvalue weighted by molar-refractivity contribution is 5.34. The summed E-state index contributed by atoms with van der Waals surface area (Å²) in [4.78, 5) is 0. The average molecular weight is 179 g/mol. The number of rotatable bonds is 2. The Morgan fingerprint density at radius 3 is 2.92 bits per heavy atom. The van der Waals surface area contributed by atoms with E-state index in [1.165, 1.54) is 11.6 Å². The third-order valence-electron chi connectivity index (χ3n) is 2.87. The molecule has 13 heavy (non-hydrogen) atoms. The molecule has 2 N–H and O–H groups in total. The summed E-state index contributed by atoms with van der Waals surface area (Å²) >= 11 is 0. The molecule has 0 bridgehead atoms. The van der Waals surface area contributed by atoms with Gasteiger partial charge in [0.1, 0.15) is 5.82 Å². The first-order valence-electron chi connectivity index (χ1n) is 4.68. The minimum Gasteiger partial charge on any atom is -0.330 e. The van der Waals surface area contributed by atoms with E-state index >= 15 is 0 Å². The molecule has 1 aliphatic rings. The quantitative estimate of drug-likeness (QED) is 0.740. The van der Waals surface area contributed by atoms with Gasteiger partial charge < -0.3 is 5.73 Å². The van der Waals surface area contributed by atoms with E-state index in [-0.39, 0.29) is 5.82 Å². The van der Waals surface area contributed by atoms with Crippen molar-refractivity contribution in [1.29, 1.82) is 0 Å². The first-order chi connectivity index (χ1) is 6.22. The SMILES string of the molecule is Cc1ccc(F)cc1C1CC1CN. The minimum atomic E-state index is -0.136. The van der Waals surface area contributed by atoms with Gasteiger partial charge in [-0.15, -0.1) is 0 Å². The molecule has 1 aromatic rings. The zero-order chi connectivity index (χ0) is 9.42. The van der Waals surface area contributed by atoms with Crippen molar-refractivity contribution < 1.29 is 4.39 Å². The lowest BCUT2D eigenvalue weighted by Crippen LogP contribution is -2.02. The standard InChI is InChI=1S/C11H14FN/c1-7-2-3-9(12)5-10(7)11-4-8(11)6-13/h2-3,5,8,11H,4,6,13H2,1H3. The number of halogens is 1. The molecule has 0 aliphatic heterocycles. The van der Waals surface area contributed by atoms with Gasteiger partial charge in [0.25, 0.3) is 0 Å². The van der Waals surface area contributed by atoms with Crippen LogP contribution >= 0.6 is 0 Å². The van der Waals surface area contributed by atoms with Crippen LogP contribution in [-0.4, -0.2) is 6.54 Å². The van der Waals surface area contributed by atoms with Crippen molar-refractivity contribution in [3.05, 3.63) is 35.1 Å². The van der Waals surface area contributed by atoms with Crippen molar-refractivity contribution in [2.24, 2.45) is 11.7 Å². The zero-order valence-corrected chi connectivity index (χ0v) is 7.76. The summed E-state index contributed by atoms with van der Waals surface area (Å²) in [7, 11) is 0. The van der Waals surface area contributed by atoms with Crippen molar-refractivity contribution in [3.63, 3.8) is 0 Å². The van der Waals surface area contributed by atoms with Gasteiger partial charge in [-0.05, 0) is 55.0 Å². The minimum absolute atomic E-state index is 0.136. The molecule has 1 nitrogen and oxygen atoms in total. The van der Waals surface area contributed by atoms with Crippen LogP contribution in [0.5, 0.6) is 0 Å². The van der Waals surface area contributed by atoms with E-state index in [1.807, 2.05) is 13.0 Å².